The largest absolute Gasteiger partial charge is 0.465 e. The Morgan fingerprint density at radius 3 is 1.82 bits per heavy atom. The van der Waals surface area contributed by atoms with Gasteiger partial charge >= 0.3 is 11.9 Å². The van der Waals surface area contributed by atoms with Gasteiger partial charge < -0.3 is 9.47 Å². The van der Waals surface area contributed by atoms with Crippen molar-refractivity contribution in [2.75, 3.05) is 13.2 Å². The van der Waals surface area contributed by atoms with Crippen LogP contribution in [0.5, 0.6) is 0 Å². The lowest BCUT2D eigenvalue weighted by atomic mass is 9.62. The Bertz CT molecular complexity index is 1070. The van der Waals surface area contributed by atoms with E-state index in [0.717, 1.165) is 23.1 Å². The van der Waals surface area contributed by atoms with E-state index in [1.54, 1.807) is 26.0 Å². The first-order valence-corrected chi connectivity index (χ1v) is 12.2. The predicted molar refractivity (Wildman–Crippen MR) is 137 cm³/mol. The molecule has 0 unspecified atom stereocenters. The summed E-state index contributed by atoms with van der Waals surface area (Å²) in [5.41, 5.74) is 7.86. The first-order valence-electron chi connectivity index (χ1n) is 12.2. The topological polar surface area (TPSA) is 52.6 Å². The van der Waals surface area contributed by atoms with E-state index >= 15 is 0 Å². The molecular formula is C30H38O4. The van der Waals surface area contributed by atoms with E-state index in [9.17, 15) is 9.59 Å². The quantitative estimate of drug-likeness (QED) is 0.343. The van der Waals surface area contributed by atoms with Gasteiger partial charge in [-0.15, -0.1) is 0 Å². The molecule has 0 amide bonds. The van der Waals surface area contributed by atoms with Crippen LogP contribution < -0.4 is 0 Å². The first-order chi connectivity index (χ1) is 15.9. The molecule has 3 rings (SSSR count). The number of hydrogen-bond acceptors (Lipinski definition) is 4. The van der Waals surface area contributed by atoms with Crippen LogP contribution in [0.4, 0.5) is 0 Å². The molecule has 0 aromatic heterocycles. The van der Waals surface area contributed by atoms with Crippen molar-refractivity contribution in [3.8, 4) is 0 Å². The zero-order valence-corrected chi connectivity index (χ0v) is 21.7. The minimum atomic E-state index is -1.09. The van der Waals surface area contributed by atoms with Gasteiger partial charge in [0.1, 0.15) is 0 Å². The summed E-state index contributed by atoms with van der Waals surface area (Å²) in [5.74, 6) is -2.28. The van der Waals surface area contributed by atoms with Crippen molar-refractivity contribution in [3.63, 3.8) is 0 Å². The zero-order chi connectivity index (χ0) is 25.3. The Morgan fingerprint density at radius 2 is 1.35 bits per heavy atom. The number of carbonyl (C=O) groups is 2. The van der Waals surface area contributed by atoms with Crippen LogP contribution in [0.25, 0.3) is 5.57 Å². The van der Waals surface area contributed by atoms with Crippen molar-refractivity contribution in [2.24, 2.45) is 0 Å². The van der Waals surface area contributed by atoms with Crippen LogP contribution in [0.1, 0.15) is 93.7 Å². The number of benzene rings is 2. The molecule has 0 fully saturated rings. The Balaban J connectivity index is 1.97. The van der Waals surface area contributed by atoms with Gasteiger partial charge in [-0.3, -0.25) is 9.59 Å². The average molecular weight is 463 g/mol. The highest BCUT2D eigenvalue weighted by molar-refractivity contribution is 6.01. The zero-order valence-electron chi connectivity index (χ0n) is 21.7. The van der Waals surface area contributed by atoms with Gasteiger partial charge in [0, 0.05) is 0 Å². The van der Waals surface area contributed by atoms with E-state index in [-0.39, 0.29) is 24.0 Å². The van der Waals surface area contributed by atoms with Gasteiger partial charge in [-0.05, 0) is 83.4 Å². The summed E-state index contributed by atoms with van der Waals surface area (Å²) in [6.45, 7) is 19.7. The van der Waals surface area contributed by atoms with E-state index in [4.69, 9.17) is 9.47 Å². The van der Waals surface area contributed by atoms with Gasteiger partial charge in [0.05, 0.1) is 13.2 Å². The Morgan fingerprint density at radius 1 is 0.882 bits per heavy atom. The summed E-state index contributed by atoms with van der Waals surface area (Å²) >= 11 is 0. The lowest BCUT2D eigenvalue weighted by molar-refractivity contribution is -0.156. The van der Waals surface area contributed by atoms with Gasteiger partial charge in [0.25, 0.3) is 0 Å². The SMILES string of the molecule is C=C(c1ccc(C(C(=O)OCC)C(=O)OCC)cc1)c1cc2c(cc1C)C(C)(C)CCC2(C)C. The van der Waals surface area contributed by atoms with Crippen LogP contribution in [0.15, 0.2) is 43.0 Å². The molecule has 0 N–H and O–H groups in total. The maximum Gasteiger partial charge on any atom is 0.324 e. The second-order valence-electron chi connectivity index (χ2n) is 10.5. The maximum atomic E-state index is 12.5. The lowest BCUT2D eigenvalue weighted by Gasteiger charge is -2.42. The van der Waals surface area contributed by atoms with Crippen molar-refractivity contribution in [1.29, 1.82) is 0 Å². The standard InChI is InChI=1S/C30H38O4/c1-9-33-27(31)26(28(32)34-10-2)22-13-11-21(12-14-22)20(4)23-18-25-24(17-19(23)3)29(5,6)15-16-30(25,7)8/h11-14,17-18,26H,4,9-10,15-16H2,1-3,5-8H3. The fraction of sp³-hybridized carbons (Fsp3) is 0.467. The molecule has 1 aliphatic rings. The van der Waals surface area contributed by atoms with E-state index < -0.39 is 17.9 Å². The average Bonchev–Trinajstić information content (AvgIpc) is 2.77. The summed E-state index contributed by atoms with van der Waals surface area (Å²) in [6, 6.07) is 12.1. The van der Waals surface area contributed by atoms with Crippen molar-refractivity contribution in [2.45, 2.75) is 78.1 Å². The van der Waals surface area contributed by atoms with Crippen molar-refractivity contribution in [3.05, 3.63) is 76.4 Å². The molecule has 0 saturated heterocycles. The number of rotatable bonds is 7. The summed E-state index contributed by atoms with van der Waals surface area (Å²) < 4.78 is 10.2. The monoisotopic (exact) mass is 462 g/mol. The van der Waals surface area contributed by atoms with E-state index in [2.05, 4.69) is 53.3 Å². The van der Waals surface area contributed by atoms with Crippen LogP contribution in [0.2, 0.25) is 0 Å². The third-order valence-electron chi connectivity index (χ3n) is 7.16. The maximum absolute atomic E-state index is 12.5. The summed E-state index contributed by atoms with van der Waals surface area (Å²) in [7, 11) is 0. The summed E-state index contributed by atoms with van der Waals surface area (Å²) in [6.07, 6.45) is 2.33. The molecule has 0 saturated carbocycles. The molecule has 0 aliphatic heterocycles. The van der Waals surface area contributed by atoms with Crippen molar-refractivity contribution < 1.29 is 19.1 Å². The van der Waals surface area contributed by atoms with E-state index in [0.29, 0.717) is 5.56 Å². The normalized spacial score (nSPS) is 16.0. The minimum absolute atomic E-state index is 0.115. The smallest absolute Gasteiger partial charge is 0.324 e. The number of carbonyl (C=O) groups excluding carboxylic acids is 2. The molecule has 0 atom stereocenters. The molecular weight excluding hydrogens is 424 g/mol. The molecule has 0 heterocycles. The molecule has 34 heavy (non-hydrogen) atoms. The van der Waals surface area contributed by atoms with E-state index in [1.807, 2.05) is 12.1 Å². The predicted octanol–water partition coefficient (Wildman–Crippen LogP) is 6.62. The Hall–Kier alpha value is -2.88. The van der Waals surface area contributed by atoms with Crippen LogP contribution >= 0.6 is 0 Å². The Kier molecular flexibility index (Phi) is 7.40. The van der Waals surface area contributed by atoms with Crippen LogP contribution in [0.3, 0.4) is 0 Å². The fourth-order valence-electron chi connectivity index (χ4n) is 4.90. The lowest BCUT2D eigenvalue weighted by Crippen LogP contribution is -2.34. The van der Waals surface area contributed by atoms with Crippen LogP contribution in [-0.4, -0.2) is 25.2 Å². The number of fused-ring (bicyclic) bond motifs is 1. The molecule has 4 nitrogen and oxygen atoms in total. The fourth-order valence-corrected chi connectivity index (χ4v) is 4.90. The third-order valence-corrected chi connectivity index (χ3v) is 7.16. The summed E-state index contributed by atoms with van der Waals surface area (Å²) in [5, 5.41) is 0. The van der Waals surface area contributed by atoms with Gasteiger partial charge in [-0.1, -0.05) is 70.7 Å². The number of hydrogen-bond donors (Lipinski definition) is 0. The molecule has 0 radical (unpaired) electrons. The third kappa shape index (κ3) is 4.96. The minimum Gasteiger partial charge on any atom is -0.465 e. The van der Waals surface area contributed by atoms with Crippen molar-refractivity contribution in [1.82, 2.24) is 0 Å². The van der Waals surface area contributed by atoms with Crippen molar-refractivity contribution >= 4 is 17.5 Å². The molecule has 2 aromatic rings. The molecule has 0 spiro atoms. The number of ether oxygens (including phenoxy) is 2. The van der Waals surface area contributed by atoms with E-state index in [1.165, 1.54) is 23.1 Å². The molecule has 0 bridgehead atoms. The molecule has 1 aliphatic carbocycles. The number of aryl methyl sites for hydroxylation is 1. The van der Waals surface area contributed by atoms with Crippen LogP contribution in [-0.2, 0) is 29.9 Å². The molecule has 4 heteroatoms. The molecule has 182 valence electrons. The first kappa shape index (κ1) is 25.7. The number of esters is 2. The highest BCUT2D eigenvalue weighted by atomic mass is 16.6. The van der Waals surface area contributed by atoms with Crippen LogP contribution in [0, 0.1) is 6.92 Å². The van der Waals surface area contributed by atoms with Gasteiger partial charge in [0.15, 0.2) is 5.92 Å². The second-order valence-corrected chi connectivity index (χ2v) is 10.5. The Labute approximate surface area is 204 Å². The highest BCUT2D eigenvalue weighted by Crippen LogP contribution is 2.47. The second kappa shape index (κ2) is 9.77. The van der Waals surface area contributed by atoms with Gasteiger partial charge in [-0.25, -0.2) is 0 Å². The van der Waals surface area contributed by atoms with Gasteiger partial charge in [0.2, 0.25) is 0 Å². The summed E-state index contributed by atoms with van der Waals surface area (Å²) in [4.78, 5) is 24.9. The highest BCUT2D eigenvalue weighted by Gasteiger charge is 2.37. The van der Waals surface area contributed by atoms with Gasteiger partial charge in [-0.2, -0.15) is 0 Å². The molecule has 2 aromatic carbocycles.